The molecule has 1 unspecified atom stereocenters. The monoisotopic (exact) mass is 411 g/mol. The highest BCUT2D eigenvalue weighted by atomic mass is 35.5. The second-order valence-electron chi connectivity index (χ2n) is 6.51. The number of hydrogen-bond donors (Lipinski definition) is 0. The third-order valence-electron chi connectivity index (χ3n) is 4.67. The van der Waals surface area contributed by atoms with Crippen molar-refractivity contribution in [3.63, 3.8) is 0 Å². The van der Waals surface area contributed by atoms with Crippen molar-refractivity contribution < 1.29 is 13.3 Å². The van der Waals surface area contributed by atoms with Gasteiger partial charge in [-0.1, -0.05) is 30.3 Å². The smallest absolute Gasteiger partial charge is 0.269 e. The molecule has 0 bridgehead atoms. The predicted octanol–water partition coefficient (Wildman–Crippen LogP) is 3.00. The summed E-state index contributed by atoms with van der Waals surface area (Å²) in [7, 11) is -1.80. The van der Waals surface area contributed by atoms with Gasteiger partial charge < -0.3 is 4.90 Å². The van der Waals surface area contributed by atoms with Crippen molar-refractivity contribution in [3.05, 3.63) is 69.8 Å². The van der Waals surface area contributed by atoms with Gasteiger partial charge in [0.15, 0.2) is 0 Å². The lowest BCUT2D eigenvalue weighted by Crippen LogP contribution is -2.49. The summed E-state index contributed by atoms with van der Waals surface area (Å²) >= 11 is 0. The Balaban J connectivity index is 0.00000261. The fourth-order valence-corrected chi connectivity index (χ4v) is 5.10. The van der Waals surface area contributed by atoms with Crippen LogP contribution in [-0.4, -0.2) is 49.2 Å². The van der Waals surface area contributed by atoms with Crippen LogP contribution in [0, 0.1) is 17.0 Å². The summed E-state index contributed by atoms with van der Waals surface area (Å²) in [6.45, 7) is 3.19. The van der Waals surface area contributed by atoms with E-state index in [1.807, 2.05) is 37.4 Å². The molecule has 0 radical (unpaired) electrons. The predicted molar refractivity (Wildman–Crippen MR) is 106 cm³/mol. The largest absolute Gasteiger partial charge is 0.303 e. The summed E-state index contributed by atoms with van der Waals surface area (Å²) in [5.41, 5.74) is 1.20. The third kappa shape index (κ3) is 4.30. The van der Waals surface area contributed by atoms with E-state index >= 15 is 0 Å². The first-order valence-corrected chi connectivity index (χ1v) is 9.75. The van der Waals surface area contributed by atoms with Gasteiger partial charge in [-0.25, -0.2) is 8.42 Å². The van der Waals surface area contributed by atoms with Gasteiger partial charge in [0.25, 0.3) is 5.69 Å². The van der Waals surface area contributed by atoms with Gasteiger partial charge >= 0.3 is 0 Å². The molecule has 2 aromatic rings. The third-order valence-corrected chi connectivity index (χ3v) is 6.74. The summed E-state index contributed by atoms with van der Waals surface area (Å²) < 4.78 is 28.1. The molecule has 0 amide bonds. The molecule has 0 spiro atoms. The Morgan fingerprint density at radius 1 is 1.11 bits per heavy atom. The van der Waals surface area contributed by atoms with Crippen LogP contribution in [0.15, 0.2) is 53.4 Å². The lowest BCUT2D eigenvalue weighted by molar-refractivity contribution is -0.385. The molecule has 3 rings (SSSR count). The van der Waals surface area contributed by atoms with Gasteiger partial charge in [0.1, 0.15) is 0 Å². The maximum absolute atomic E-state index is 13.3. The molecular formula is C18H22ClN3O4S. The minimum atomic E-state index is -3.77. The molecule has 146 valence electrons. The molecular weight excluding hydrogens is 390 g/mol. The van der Waals surface area contributed by atoms with Gasteiger partial charge in [0, 0.05) is 31.8 Å². The van der Waals surface area contributed by atoms with Crippen molar-refractivity contribution in [3.8, 4) is 0 Å². The molecule has 0 N–H and O–H groups in total. The topological polar surface area (TPSA) is 83.8 Å². The second kappa shape index (κ2) is 8.35. The van der Waals surface area contributed by atoms with Crippen LogP contribution < -0.4 is 0 Å². The summed E-state index contributed by atoms with van der Waals surface area (Å²) in [6.07, 6.45) is 0. The first kappa shape index (κ1) is 21.3. The zero-order chi connectivity index (χ0) is 18.9. The van der Waals surface area contributed by atoms with E-state index in [0.29, 0.717) is 25.2 Å². The van der Waals surface area contributed by atoms with Crippen LogP contribution in [0.4, 0.5) is 5.69 Å². The Kier molecular flexibility index (Phi) is 6.59. The maximum Gasteiger partial charge on any atom is 0.269 e. The lowest BCUT2D eigenvalue weighted by Gasteiger charge is -2.39. The van der Waals surface area contributed by atoms with Crippen LogP contribution in [0.1, 0.15) is 17.2 Å². The van der Waals surface area contributed by atoms with Crippen LogP contribution in [-0.2, 0) is 10.0 Å². The Labute approximate surface area is 165 Å². The standard InChI is InChI=1S/C18H21N3O4S.ClH/c1-14-12-16(21(22)23)8-9-18(14)26(24,25)20-11-10-19(2)13-17(20)15-6-4-3-5-7-15;/h3-9,12,17H,10-11,13H2,1-2H3;1H. The minimum Gasteiger partial charge on any atom is -0.303 e. The van der Waals surface area contributed by atoms with Crippen LogP contribution in [0.2, 0.25) is 0 Å². The number of sulfonamides is 1. The zero-order valence-electron chi connectivity index (χ0n) is 15.1. The Morgan fingerprint density at radius 3 is 2.37 bits per heavy atom. The number of non-ortho nitro benzene ring substituents is 1. The molecule has 7 nitrogen and oxygen atoms in total. The van der Waals surface area contributed by atoms with E-state index in [9.17, 15) is 18.5 Å². The summed E-state index contributed by atoms with van der Waals surface area (Å²) in [6, 6.07) is 13.1. The summed E-state index contributed by atoms with van der Waals surface area (Å²) in [4.78, 5) is 12.6. The highest BCUT2D eigenvalue weighted by Gasteiger charge is 2.37. The van der Waals surface area contributed by atoms with Crippen LogP contribution in [0.25, 0.3) is 0 Å². The number of piperazine rings is 1. The molecule has 1 atom stereocenters. The van der Waals surface area contributed by atoms with Crippen LogP contribution in [0.5, 0.6) is 0 Å². The average Bonchev–Trinajstić information content (AvgIpc) is 2.61. The zero-order valence-corrected chi connectivity index (χ0v) is 16.7. The fraction of sp³-hybridized carbons (Fsp3) is 0.333. The number of hydrogen-bond acceptors (Lipinski definition) is 5. The molecule has 1 fully saturated rings. The van der Waals surface area contributed by atoms with E-state index in [-0.39, 0.29) is 29.0 Å². The molecule has 0 aliphatic carbocycles. The lowest BCUT2D eigenvalue weighted by atomic mass is 10.1. The van der Waals surface area contributed by atoms with E-state index in [1.165, 1.54) is 22.5 Å². The highest BCUT2D eigenvalue weighted by Crippen LogP contribution is 2.32. The van der Waals surface area contributed by atoms with Crippen molar-refractivity contribution in [2.24, 2.45) is 0 Å². The number of nitrogens with zero attached hydrogens (tertiary/aromatic N) is 3. The van der Waals surface area contributed by atoms with Gasteiger partial charge in [0.2, 0.25) is 10.0 Å². The van der Waals surface area contributed by atoms with Crippen molar-refractivity contribution in [2.45, 2.75) is 17.9 Å². The van der Waals surface area contributed by atoms with E-state index in [2.05, 4.69) is 4.90 Å². The number of aryl methyl sites for hydroxylation is 1. The van der Waals surface area contributed by atoms with E-state index in [1.54, 1.807) is 6.92 Å². The molecule has 2 aromatic carbocycles. The van der Waals surface area contributed by atoms with Crippen LogP contribution >= 0.6 is 12.4 Å². The number of halogens is 1. The van der Waals surface area contributed by atoms with Crippen molar-refractivity contribution >= 4 is 28.1 Å². The molecule has 0 saturated carbocycles. The Bertz CT molecular complexity index is 921. The number of benzene rings is 2. The molecule has 1 heterocycles. The quantitative estimate of drug-likeness (QED) is 0.570. The van der Waals surface area contributed by atoms with Crippen molar-refractivity contribution in [1.82, 2.24) is 9.21 Å². The van der Waals surface area contributed by atoms with Gasteiger partial charge in [-0.3, -0.25) is 10.1 Å². The van der Waals surface area contributed by atoms with Gasteiger partial charge in [-0.05, 0) is 31.2 Å². The van der Waals surface area contributed by atoms with E-state index < -0.39 is 14.9 Å². The van der Waals surface area contributed by atoms with Crippen LogP contribution in [0.3, 0.4) is 0 Å². The molecule has 1 aliphatic rings. The number of nitro benzene ring substituents is 1. The first-order chi connectivity index (χ1) is 12.3. The number of nitro groups is 1. The molecule has 0 aromatic heterocycles. The fourth-order valence-electron chi connectivity index (χ4n) is 3.30. The van der Waals surface area contributed by atoms with E-state index in [0.717, 1.165) is 5.56 Å². The van der Waals surface area contributed by atoms with Gasteiger partial charge in [-0.15, -0.1) is 12.4 Å². The minimum absolute atomic E-state index is 0. The van der Waals surface area contributed by atoms with Crippen molar-refractivity contribution in [2.75, 3.05) is 26.7 Å². The SMILES string of the molecule is Cc1cc([N+](=O)[O-])ccc1S(=O)(=O)N1CCN(C)CC1c1ccccc1.Cl. The number of rotatable bonds is 4. The second-order valence-corrected chi connectivity index (χ2v) is 8.37. The summed E-state index contributed by atoms with van der Waals surface area (Å²) in [5.74, 6) is 0. The average molecular weight is 412 g/mol. The van der Waals surface area contributed by atoms with E-state index in [4.69, 9.17) is 0 Å². The summed E-state index contributed by atoms with van der Waals surface area (Å²) in [5, 5.41) is 10.9. The molecule has 1 aliphatic heterocycles. The number of likely N-dealkylation sites (N-methyl/N-ethyl adjacent to an activating group) is 1. The Hall–Kier alpha value is -2.00. The highest BCUT2D eigenvalue weighted by molar-refractivity contribution is 7.89. The molecule has 27 heavy (non-hydrogen) atoms. The van der Waals surface area contributed by atoms with Gasteiger partial charge in [-0.2, -0.15) is 4.31 Å². The normalized spacial score (nSPS) is 18.7. The molecule has 9 heteroatoms. The first-order valence-electron chi connectivity index (χ1n) is 8.31. The van der Waals surface area contributed by atoms with Crippen molar-refractivity contribution in [1.29, 1.82) is 0 Å². The maximum atomic E-state index is 13.3. The van der Waals surface area contributed by atoms with Gasteiger partial charge in [0.05, 0.1) is 15.9 Å². The Morgan fingerprint density at radius 2 is 1.78 bits per heavy atom. The molecule has 1 saturated heterocycles.